The molecule has 0 saturated heterocycles. The van der Waals surface area contributed by atoms with Crippen LogP contribution in [0.2, 0.25) is 0 Å². The molecule has 0 aliphatic heterocycles. The molecule has 2 N–H and O–H groups in total. The molecule has 0 aliphatic carbocycles. The van der Waals surface area contributed by atoms with Crippen LogP contribution in [0.1, 0.15) is 0 Å². The van der Waals surface area contributed by atoms with Crippen molar-refractivity contribution in [3.63, 3.8) is 0 Å². The molecule has 106 valence electrons. The number of para-hydroxylation sites is 1. The van der Waals surface area contributed by atoms with Gasteiger partial charge in [0.1, 0.15) is 18.5 Å². The summed E-state index contributed by atoms with van der Waals surface area (Å²) in [5.41, 5.74) is 0.691. The van der Waals surface area contributed by atoms with Crippen LogP contribution < -0.4 is 10.1 Å². The number of anilines is 1. The second kappa shape index (κ2) is 6.86. The molecule has 1 atom stereocenters. The second-order valence-electron chi connectivity index (χ2n) is 4.28. The molecule has 0 bridgehead atoms. The topological polar surface area (TPSA) is 41.5 Å². The molecular formula is C15H15F2NO2. The minimum Gasteiger partial charge on any atom is -0.488 e. The Bertz CT molecular complexity index is 546. The molecule has 0 aromatic heterocycles. The van der Waals surface area contributed by atoms with Crippen molar-refractivity contribution in [3.8, 4) is 5.75 Å². The van der Waals surface area contributed by atoms with Crippen LogP contribution in [0.4, 0.5) is 14.5 Å². The van der Waals surface area contributed by atoms with Gasteiger partial charge in [-0.2, -0.15) is 0 Å². The zero-order valence-electron chi connectivity index (χ0n) is 10.7. The fraction of sp³-hybridized carbons (Fsp3) is 0.200. The maximum absolute atomic E-state index is 13.3. The molecular weight excluding hydrogens is 264 g/mol. The number of aliphatic hydroxyl groups excluding tert-OH is 1. The Morgan fingerprint density at radius 2 is 1.75 bits per heavy atom. The molecule has 0 heterocycles. The van der Waals surface area contributed by atoms with Crippen LogP contribution in [0.25, 0.3) is 0 Å². The predicted octanol–water partition coefficient (Wildman–Crippen LogP) is 2.82. The van der Waals surface area contributed by atoms with Crippen molar-refractivity contribution in [2.75, 3.05) is 18.5 Å². The average Bonchev–Trinajstić information content (AvgIpc) is 2.46. The fourth-order valence-corrected chi connectivity index (χ4v) is 1.61. The van der Waals surface area contributed by atoms with Gasteiger partial charge in [0.25, 0.3) is 0 Å². The molecule has 20 heavy (non-hydrogen) atoms. The Hall–Kier alpha value is -2.14. The second-order valence-corrected chi connectivity index (χ2v) is 4.28. The molecule has 1 unspecified atom stereocenters. The van der Waals surface area contributed by atoms with Gasteiger partial charge in [0.2, 0.25) is 0 Å². The number of benzene rings is 2. The average molecular weight is 279 g/mol. The molecule has 0 aliphatic rings. The van der Waals surface area contributed by atoms with Gasteiger partial charge in [-0.1, -0.05) is 12.1 Å². The highest BCUT2D eigenvalue weighted by Crippen LogP contribution is 2.15. The van der Waals surface area contributed by atoms with Crippen molar-refractivity contribution >= 4 is 5.69 Å². The highest BCUT2D eigenvalue weighted by Gasteiger charge is 2.07. The smallest absolute Gasteiger partial charge is 0.165 e. The van der Waals surface area contributed by atoms with Gasteiger partial charge < -0.3 is 15.2 Å². The van der Waals surface area contributed by atoms with Gasteiger partial charge in [-0.3, -0.25) is 0 Å². The lowest BCUT2D eigenvalue weighted by Crippen LogP contribution is -2.26. The minimum absolute atomic E-state index is 0.0326. The lowest BCUT2D eigenvalue weighted by Gasteiger charge is -2.14. The summed E-state index contributed by atoms with van der Waals surface area (Å²) in [4.78, 5) is 0. The van der Waals surface area contributed by atoms with E-state index in [-0.39, 0.29) is 24.7 Å². The number of halogens is 2. The summed E-state index contributed by atoms with van der Waals surface area (Å²) in [6.45, 7) is 0.190. The van der Waals surface area contributed by atoms with Crippen molar-refractivity contribution in [2.24, 2.45) is 0 Å². The van der Waals surface area contributed by atoms with E-state index in [2.05, 4.69) is 5.32 Å². The number of aliphatic hydroxyl groups is 1. The van der Waals surface area contributed by atoms with Crippen LogP contribution in [0.5, 0.6) is 5.75 Å². The predicted molar refractivity (Wildman–Crippen MR) is 72.8 cm³/mol. The summed E-state index contributed by atoms with van der Waals surface area (Å²) in [5.74, 6) is -0.682. The summed E-state index contributed by atoms with van der Waals surface area (Å²) in [6.07, 6.45) is -0.806. The zero-order chi connectivity index (χ0) is 14.4. The largest absolute Gasteiger partial charge is 0.488 e. The van der Waals surface area contributed by atoms with Gasteiger partial charge in [-0.05, 0) is 36.4 Å². The number of hydrogen-bond donors (Lipinski definition) is 2. The summed E-state index contributed by atoms with van der Waals surface area (Å²) >= 11 is 0. The zero-order valence-corrected chi connectivity index (χ0v) is 10.7. The Morgan fingerprint density at radius 3 is 2.45 bits per heavy atom. The molecule has 2 aromatic carbocycles. The van der Waals surface area contributed by atoms with Crippen LogP contribution in [-0.4, -0.2) is 24.4 Å². The molecule has 0 fully saturated rings. The van der Waals surface area contributed by atoms with Crippen molar-refractivity contribution in [3.05, 3.63) is 60.2 Å². The van der Waals surface area contributed by atoms with Gasteiger partial charge in [-0.25, -0.2) is 8.78 Å². The van der Waals surface area contributed by atoms with Crippen LogP contribution in [0, 0.1) is 11.6 Å². The van der Waals surface area contributed by atoms with Gasteiger partial charge in [0, 0.05) is 12.2 Å². The monoisotopic (exact) mass is 279 g/mol. The first-order valence-electron chi connectivity index (χ1n) is 6.20. The summed E-state index contributed by atoms with van der Waals surface area (Å²) < 4.78 is 31.2. The molecule has 2 aromatic rings. The third-order valence-electron chi connectivity index (χ3n) is 2.65. The number of rotatable bonds is 6. The molecule has 0 radical (unpaired) electrons. The first kappa shape index (κ1) is 14.3. The van der Waals surface area contributed by atoms with Crippen molar-refractivity contribution in [1.82, 2.24) is 0 Å². The van der Waals surface area contributed by atoms with Crippen LogP contribution in [-0.2, 0) is 0 Å². The Balaban J connectivity index is 1.77. The van der Waals surface area contributed by atoms with Gasteiger partial charge in [0.05, 0.1) is 0 Å². The minimum atomic E-state index is -0.806. The summed E-state index contributed by atoms with van der Waals surface area (Å²) in [7, 11) is 0. The van der Waals surface area contributed by atoms with E-state index in [9.17, 15) is 13.9 Å². The molecule has 3 nitrogen and oxygen atoms in total. The standard InChI is InChI=1S/C15H15F2NO2/c16-11-5-7-12(8-6-11)18-9-13(19)10-20-15-4-2-1-3-14(15)17/h1-8,13,18-19H,9-10H2. The van der Waals surface area contributed by atoms with E-state index in [0.29, 0.717) is 5.69 Å². The lowest BCUT2D eigenvalue weighted by atomic mass is 10.3. The Kier molecular flexibility index (Phi) is 4.90. The maximum Gasteiger partial charge on any atom is 0.165 e. The van der Waals surface area contributed by atoms with E-state index in [4.69, 9.17) is 4.74 Å². The highest BCUT2D eigenvalue weighted by molar-refractivity contribution is 5.42. The van der Waals surface area contributed by atoms with Crippen molar-refractivity contribution < 1.29 is 18.6 Å². The third kappa shape index (κ3) is 4.20. The molecule has 2 rings (SSSR count). The Labute approximate surface area is 115 Å². The summed E-state index contributed by atoms with van der Waals surface area (Å²) in [5, 5.41) is 12.7. The van der Waals surface area contributed by atoms with E-state index in [1.165, 1.54) is 24.3 Å². The normalized spacial score (nSPS) is 11.9. The highest BCUT2D eigenvalue weighted by atomic mass is 19.1. The Morgan fingerprint density at radius 1 is 1.05 bits per heavy atom. The summed E-state index contributed by atoms with van der Waals surface area (Å²) in [6, 6.07) is 11.8. The first-order valence-corrected chi connectivity index (χ1v) is 6.20. The van der Waals surface area contributed by atoms with Crippen LogP contribution in [0.15, 0.2) is 48.5 Å². The fourth-order valence-electron chi connectivity index (χ4n) is 1.61. The van der Waals surface area contributed by atoms with Gasteiger partial charge >= 0.3 is 0 Å². The van der Waals surface area contributed by atoms with Crippen molar-refractivity contribution in [2.45, 2.75) is 6.10 Å². The van der Waals surface area contributed by atoms with Crippen LogP contribution >= 0.6 is 0 Å². The van der Waals surface area contributed by atoms with Crippen molar-refractivity contribution in [1.29, 1.82) is 0 Å². The van der Waals surface area contributed by atoms with E-state index in [0.717, 1.165) is 0 Å². The van der Waals surface area contributed by atoms with Gasteiger partial charge in [0.15, 0.2) is 11.6 Å². The molecule has 5 heteroatoms. The molecule has 0 spiro atoms. The van der Waals surface area contributed by atoms with E-state index in [1.54, 1.807) is 24.3 Å². The van der Waals surface area contributed by atoms with E-state index in [1.807, 2.05) is 0 Å². The molecule has 0 saturated carbocycles. The number of hydrogen-bond acceptors (Lipinski definition) is 3. The quantitative estimate of drug-likeness (QED) is 0.854. The molecule has 0 amide bonds. The van der Waals surface area contributed by atoms with E-state index < -0.39 is 11.9 Å². The third-order valence-corrected chi connectivity index (χ3v) is 2.65. The van der Waals surface area contributed by atoms with E-state index >= 15 is 0 Å². The maximum atomic E-state index is 13.3. The first-order chi connectivity index (χ1) is 9.65. The van der Waals surface area contributed by atoms with Crippen LogP contribution in [0.3, 0.4) is 0 Å². The lowest BCUT2D eigenvalue weighted by molar-refractivity contribution is 0.115. The number of nitrogens with one attached hydrogen (secondary N) is 1. The number of ether oxygens (including phenoxy) is 1. The SMILES string of the molecule is OC(CNc1ccc(F)cc1)COc1ccccc1F. The van der Waals surface area contributed by atoms with Gasteiger partial charge in [-0.15, -0.1) is 0 Å².